The molecule has 158 valence electrons. The van der Waals surface area contributed by atoms with Crippen molar-refractivity contribution < 1.29 is 21.6 Å². The van der Waals surface area contributed by atoms with Crippen LogP contribution in [0.4, 0.5) is 18.3 Å². The molecule has 0 spiro atoms. The van der Waals surface area contributed by atoms with Crippen molar-refractivity contribution in [2.24, 2.45) is 4.40 Å². The van der Waals surface area contributed by atoms with Crippen LogP contribution >= 0.6 is 34.5 Å². The fourth-order valence-electron chi connectivity index (χ4n) is 2.23. The molecular weight excluding hydrogens is 484 g/mol. The van der Waals surface area contributed by atoms with Crippen LogP contribution in [0, 0.1) is 0 Å². The Kier molecular flexibility index (Phi) is 6.96. The highest BCUT2D eigenvalue weighted by atomic mass is 35.5. The Hall–Kier alpha value is -2.21. The van der Waals surface area contributed by atoms with Gasteiger partial charge in [0.2, 0.25) is 0 Å². The average molecular weight is 495 g/mol. The number of thiazole rings is 1. The highest BCUT2D eigenvalue weighted by molar-refractivity contribution is 7.79. The quantitative estimate of drug-likeness (QED) is 0.266. The minimum Gasteiger partial charge on any atom is -0.383 e. The number of rotatable bonds is 5. The molecule has 0 aliphatic carbocycles. The van der Waals surface area contributed by atoms with Crippen molar-refractivity contribution in [1.82, 2.24) is 9.97 Å². The molecule has 0 aliphatic heterocycles. The first-order valence-electron chi connectivity index (χ1n) is 7.99. The van der Waals surface area contributed by atoms with Gasteiger partial charge in [-0.2, -0.15) is 17.4 Å². The van der Waals surface area contributed by atoms with Crippen molar-refractivity contribution in [3.8, 4) is 17.0 Å². The molecule has 0 radical (unpaired) electrons. The van der Waals surface area contributed by atoms with Crippen molar-refractivity contribution in [3.05, 3.63) is 57.6 Å². The molecule has 1 atom stereocenters. The van der Waals surface area contributed by atoms with Crippen molar-refractivity contribution in [2.45, 2.75) is 13.1 Å². The van der Waals surface area contributed by atoms with Crippen LogP contribution in [0.2, 0.25) is 10.3 Å². The van der Waals surface area contributed by atoms with E-state index >= 15 is 0 Å². The van der Waals surface area contributed by atoms with E-state index in [4.69, 9.17) is 27.4 Å². The smallest absolute Gasteiger partial charge is 0.383 e. The summed E-state index contributed by atoms with van der Waals surface area (Å²) in [5.74, 6) is -0.452. The molecule has 13 heteroatoms. The minimum atomic E-state index is -4.64. The van der Waals surface area contributed by atoms with E-state index in [1.807, 2.05) is 0 Å². The lowest BCUT2D eigenvalue weighted by atomic mass is 10.2. The largest absolute Gasteiger partial charge is 0.420 e. The summed E-state index contributed by atoms with van der Waals surface area (Å²) in [7, 11) is 0. The number of halogens is 5. The molecular formula is C17H11Cl2F3N4O2S2. The number of amidine groups is 1. The van der Waals surface area contributed by atoms with Crippen molar-refractivity contribution in [1.29, 1.82) is 0 Å². The standard InChI is InChI=1S/C17H11Cl2F3N4O2S2/c1-9(26-30(27)28-13-5-3-2-4-11(13)17(20,21)22)23-16-24-12(8-29-16)10-6-14(18)25-15(19)7-10/h2-8H,1H3,(H,23,24,26). The molecule has 3 aromatic rings. The maximum absolute atomic E-state index is 13.0. The summed E-state index contributed by atoms with van der Waals surface area (Å²) >= 11 is 10.6. The third-order valence-electron chi connectivity index (χ3n) is 3.42. The number of benzene rings is 1. The number of nitrogens with zero attached hydrogens (tertiary/aromatic N) is 3. The highest BCUT2D eigenvalue weighted by Crippen LogP contribution is 2.36. The van der Waals surface area contributed by atoms with Gasteiger partial charge in [0.15, 0.2) is 10.9 Å². The number of nitrogens with one attached hydrogen (secondary N) is 1. The topological polar surface area (TPSA) is 76.5 Å². The SMILES string of the molecule is CC(=NS(=O)Oc1ccccc1C(F)(F)F)Nc1nc(-c2cc(Cl)nc(Cl)c2)cs1. The van der Waals surface area contributed by atoms with E-state index in [-0.39, 0.29) is 16.1 Å². The molecule has 0 aliphatic rings. The van der Waals surface area contributed by atoms with Gasteiger partial charge in [-0.15, -0.1) is 15.7 Å². The Morgan fingerprint density at radius 2 is 1.87 bits per heavy atom. The minimum absolute atomic E-state index is 0.129. The second kappa shape index (κ2) is 9.29. The van der Waals surface area contributed by atoms with Gasteiger partial charge in [0.25, 0.3) is 0 Å². The lowest BCUT2D eigenvalue weighted by Crippen LogP contribution is -2.12. The van der Waals surface area contributed by atoms with E-state index in [0.29, 0.717) is 16.4 Å². The fourth-order valence-corrected chi connectivity index (χ4v) is 4.07. The van der Waals surface area contributed by atoms with Gasteiger partial charge in [0.1, 0.15) is 16.1 Å². The predicted octanol–water partition coefficient (Wildman–Crippen LogP) is 6.02. The van der Waals surface area contributed by atoms with Gasteiger partial charge in [-0.05, 0) is 31.2 Å². The first kappa shape index (κ1) is 22.5. The van der Waals surface area contributed by atoms with Crippen molar-refractivity contribution >= 4 is 56.8 Å². The summed E-state index contributed by atoms with van der Waals surface area (Å²) in [5, 5.41) is 5.36. The Labute approximate surface area is 185 Å². The zero-order valence-corrected chi connectivity index (χ0v) is 18.1. The predicted molar refractivity (Wildman–Crippen MR) is 112 cm³/mol. The molecule has 30 heavy (non-hydrogen) atoms. The van der Waals surface area contributed by atoms with Gasteiger partial charge in [0, 0.05) is 10.9 Å². The monoisotopic (exact) mass is 494 g/mol. The van der Waals surface area contributed by atoms with Crippen molar-refractivity contribution in [3.63, 3.8) is 0 Å². The van der Waals surface area contributed by atoms with Gasteiger partial charge in [-0.3, -0.25) is 0 Å². The molecule has 6 nitrogen and oxygen atoms in total. The van der Waals surface area contributed by atoms with Gasteiger partial charge < -0.3 is 9.50 Å². The Morgan fingerprint density at radius 3 is 2.53 bits per heavy atom. The number of anilines is 1. The van der Waals surface area contributed by atoms with Crippen LogP contribution in [0.25, 0.3) is 11.3 Å². The fraction of sp³-hybridized carbons (Fsp3) is 0.118. The van der Waals surface area contributed by atoms with E-state index in [9.17, 15) is 17.4 Å². The molecule has 1 unspecified atom stereocenters. The van der Waals surface area contributed by atoms with Crippen molar-refractivity contribution in [2.75, 3.05) is 5.32 Å². The Balaban J connectivity index is 1.70. The zero-order chi connectivity index (χ0) is 21.9. The Morgan fingerprint density at radius 1 is 1.20 bits per heavy atom. The summed E-state index contributed by atoms with van der Waals surface area (Å²) in [4.78, 5) is 8.19. The normalized spacial score (nSPS) is 13.2. The van der Waals surface area contributed by atoms with E-state index < -0.39 is 28.8 Å². The highest BCUT2D eigenvalue weighted by Gasteiger charge is 2.34. The van der Waals surface area contributed by atoms with E-state index in [1.165, 1.54) is 30.4 Å². The van der Waals surface area contributed by atoms with Gasteiger partial charge in [0.05, 0.1) is 11.3 Å². The summed E-state index contributed by atoms with van der Waals surface area (Å²) in [6.07, 6.45) is -4.64. The number of pyridine rings is 1. The summed E-state index contributed by atoms with van der Waals surface area (Å²) < 4.78 is 59.6. The zero-order valence-electron chi connectivity index (χ0n) is 14.9. The number of hydrogen-bond acceptors (Lipinski definition) is 5. The molecule has 3 rings (SSSR count). The molecule has 2 aromatic heterocycles. The molecule has 2 heterocycles. The molecule has 0 amide bonds. The van der Waals surface area contributed by atoms with Crippen LogP contribution in [0.1, 0.15) is 12.5 Å². The average Bonchev–Trinajstić information content (AvgIpc) is 3.08. The van der Waals surface area contributed by atoms with E-state index in [2.05, 4.69) is 19.7 Å². The van der Waals surface area contributed by atoms with Crippen LogP contribution in [0.5, 0.6) is 5.75 Å². The van der Waals surface area contributed by atoms with Gasteiger partial charge in [-0.25, -0.2) is 9.97 Å². The molecule has 0 saturated heterocycles. The van der Waals surface area contributed by atoms with Crippen LogP contribution < -0.4 is 9.50 Å². The maximum Gasteiger partial charge on any atom is 0.420 e. The van der Waals surface area contributed by atoms with Crippen LogP contribution in [-0.4, -0.2) is 20.0 Å². The molecule has 0 saturated carbocycles. The molecule has 0 fully saturated rings. The first-order chi connectivity index (χ1) is 14.1. The number of para-hydroxylation sites is 1. The van der Waals surface area contributed by atoms with Crippen LogP contribution in [-0.2, 0) is 17.4 Å². The first-order valence-corrected chi connectivity index (χ1v) is 10.7. The lowest BCUT2D eigenvalue weighted by Gasteiger charge is -2.11. The van der Waals surface area contributed by atoms with Crippen LogP contribution in [0.3, 0.4) is 0 Å². The molecule has 0 bridgehead atoms. The van der Waals surface area contributed by atoms with E-state index in [1.54, 1.807) is 17.5 Å². The molecule has 1 aromatic carbocycles. The second-order valence-electron chi connectivity index (χ2n) is 5.64. The van der Waals surface area contributed by atoms with Crippen LogP contribution in [0.15, 0.2) is 46.2 Å². The third-order valence-corrected chi connectivity index (χ3v) is 5.31. The molecule has 1 N–H and O–H groups in total. The van der Waals surface area contributed by atoms with E-state index in [0.717, 1.165) is 12.1 Å². The number of aromatic nitrogens is 2. The van der Waals surface area contributed by atoms with Gasteiger partial charge in [-0.1, -0.05) is 35.3 Å². The lowest BCUT2D eigenvalue weighted by molar-refractivity contribution is -0.138. The number of alkyl halides is 3. The van der Waals surface area contributed by atoms with Gasteiger partial charge >= 0.3 is 17.4 Å². The summed E-state index contributed by atoms with van der Waals surface area (Å²) in [6.45, 7) is 1.47. The summed E-state index contributed by atoms with van der Waals surface area (Å²) in [6, 6.07) is 7.62. The summed E-state index contributed by atoms with van der Waals surface area (Å²) in [5.41, 5.74) is 0.172. The Bertz CT molecular complexity index is 1100. The number of hydrogen-bond donors (Lipinski definition) is 1. The second-order valence-corrected chi connectivity index (χ2v) is 8.05. The third kappa shape index (κ3) is 5.91. The maximum atomic E-state index is 13.0.